The molecule has 0 bridgehead atoms. The molecule has 2 rings (SSSR count). The van der Waals surface area contributed by atoms with E-state index in [9.17, 15) is 18.0 Å². The van der Waals surface area contributed by atoms with Crippen LogP contribution in [0.25, 0.3) is 0 Å². The lowest BCUT2D eigenvalue weighted by Crippen LogP contribution is -2.31. The van der Waals surface area contributed by atoms with Gasteiger partial charge in [0.1, 0.15) is 18.1 Å². The zero-order valence-corrected chi connectivity index (χ0v) is 13.9. The molecule has 0 saturated heterocycles. The van der Waals surface area contributed by atoms with Gasteiger partial charge >= 0.3 is 6.18 Å². The predicted molar refractivity (Wildman–Crippen MR) is 86.2 cm³/mol. The number of imidazole rings is 1. The molecule has 0 saturated carbocycles. The number of methoxy groups -OCH3 is 1. The van der Waals surface area contributed by atoms with Crippen LogP contribution in [0.1, 0.15) is 5.82 Å². The van der Waals surface area contributed by atoms with Gasteiger partial charge in [-0.15, -0.1) is 0 Å². The number of carbonyl (C=O) groups excluding carboxylic acids is 1. The number of nitrogens with zero attached hydrogens (tertiary/aromatic N) is 3. The quantitative estimate of drug-likeness (QED) is 0.828. The molecule has 0 aliphatic carbocycles. The SMILES string of the molecule is COc1cccc(NC(=O)CN(C)Cc2nccn2CC(F)(F)F)c1. The Balaban J connectivity index is 1.90. The zero-order valence-electron chi connectivity index (χ0n) is 13.9. The second-order valence-electron chi connectivity index (χ2n) is 5.54. The molecule has 0 aliphatic rings. The van der Waals surface area contributed by atoms with E-state index in [0.29, 0.717) is 11.4 Å². The van der Waals surface area contributed by atoms with Crippen molar-refractivity contribution in [3.63, 3.8) is 0 Å². The summed E-state index contributed by atoms with van der Waals surface area (Å²) >= 11 is 0. The molecule has 0 aliphatic heterocycles. The third-order valence-electron chi connectivity index (χ3n) is 3.33. The van der Waals surface area contributed by atoms with Crippen molar-refractivity contribution < 1.29 is 22.7 Å². The van der Waals surface area contributed by atoms with Gasteiger partial charge in [-0.25, -0.2) is 4.98 Å². The van der Waals surface area contributed by atoms with Crippen molar-refractivity contribution in [3.8, 4) is 5.75 Å². The van der Waals surface area contributed by atoms with E-state index < -0.39 is 12.7 Å². The Labute approximate surface area is 143 Å². The first kappa shape index (κ1) is 18.8. The van der Waals surface area contributed by atoms with Crippen molar-refractivity contribution >= 4 is 11.6 Å². The first-order valence-electron chi connectivity index (χ1n) is 7.46. The molecule has 0 unspecified atom stereocenters. The highest BCUT2D eigenvalue weighted by molar-refractivity contribution is 5.92. The number of hydrogen-bond acceptors (Lipinski definition) is 4. The molecule has 1 aromatic carbocycles. The van der Waals surface area contributed by atoms with Crippen molar-refractivity contribution in [2.45, 2.75) is 19.3 Å². The maximum absolute atomic E-state index is 12.5. The maximum atomic E-state index is 12.5. The number of rotatable bonds is 7. The van der Waals surface area contributed by atoms with E-state index in [1.165, 1.54) is 19.5 Å². The van der Waals surface area contributed by atoms with Crippen LogP contribution in [0, 0.1) is 0 Å². The van der Waals surface area contributed by atoms with Gasteiger partial charge in [0.2, 0.25) is 5.91 Å². The molecular weight excluding hydrogens is 337 g/mol. The lowest BCUT2D eigenvalue weighted by molar-refractivity contribution is -0.141. The summed E-state index contributed by atoms with van der Waals surface area (Å²) < 4.78 is 43.6. The number of carbonyl (C=O) groups is 1. The molecule has 0 fully saturated rings. The zero-order chi connectivity index (χ0) is 18.4. The summed E-state index contributed by atoms with van der Waals surface area (Å²) in [7, 11) is 3.16. The Morgan fingerprint density at radius 1 is 1.40 bits per heavy atom. The average Bonchev–Trinajstić information content (AvgIpc) is 2.92. The van der Waals surface area contributed by atoms with Crippen molar-refractivity contribution in [1.29, 1.82) is 0 Å². The smallest absolute Gasteiger partial charge is 0.406 e. The fraction of sp³-hybridized carbons (Fsp3) is 0.375. The lowest BCUT2D eigenvalue weighted by atomic mass is 10.3. The number of alkyl halides is 3. The van der Waals surface area contributed by atoms with Gasteiger partial charge in [0.25, 0.3) is 0 Å². The minimum absolute atomic E-state index is 0.0100. The number of nitrogens with one attached hydrogen (secondary N) is 1. The Bertz CT molecular complexity index is 715. The van der Waals surface area contributed by atoms with Gasteiger partial charge in [-0.1, -0.05) is 6.07 Å². The molecule has 1 aromatic heterocycles. The summed E-state index contributed by atoms with van der Waals surface area (Å²) in [6, 6.07) is 6.89. The van der Waals surface area contributed by atoms with E-state index in [-0.39, 0.29) is 24.8 Å². The predicted octanol–water partition coefficient (Wildman–Crippen LogP) is 2.52. The van der Waals surface area contributed by atoms with Crippen molar-refractivity contribution in [3.05, 3.63) is 42.5 Å². The second kappa shape index (κ2) is 8.02. The first-order valence-corrected chi connectivity index (χ1v) is 7.46. The summed E-state index contributed by atoms with van der Waals surface area (Å²) in [6.07, 6.45) is -1.74. The number of benzene rings is 1. The van der Waals surface area contributed by atoms with E-state index in [4.69, 9.17) is 4.74 Å². The van der Waals surface area contributed by atoms with Gasteiger partial charge in [0, 0.05) is 24.1 Å². The number of amides is 1. The molecule has 1 amide bonds. The van der Waals surface area contributed by atoms with E-state index in [2.05, 4.69) is 10.3 Å². The molecule has 2 aromatic rings. The summed E-state index contributed by atoms with van der Waals surface area (Å²) in [5.41, 5.74) is 0.580. The van der Waals surface area contributed by atoms with Crippen molar-refractivity contribution in [2.24, 2.45) is 0 Å². The van der Waals surface area contributed by atoms with E-state index in [1.54, 1.807) is 36.2 Å². The van der Waals surface area contributed by atoms with Crippen LogP contribution >= 0.6 is 0 Å². The molecule has 136 valence electrons. The van der Waals surface area contributed by atoms with Gasteiger partial charge in [0.15, 0.2) is 0 Å². The normalized spacial score (nSPS) is 11.6. The highest BCUT2D eigenvalue weighted by Crippen LogP contribution is 2.19. The van der Waals surface area contributed by atoms with Crippen LogP contribution in [0.5, 0.6) is 5.75 Å². The lowest BCUT2D eigenvalue weighted by Gasteiger charge is -2.17. The number of likely N-dealkylation sites (N-methyl/N-ethyl adjacent to an activating group) is 1. The third-order valence-corrected chi connectivity index (χ3v) is 3.33. The molecule has 6 nitrogen and oxygen atoms in total. The van der Waals surface area contributed by atoms with Crippen LogP contribution in [0.2, 0.25) is 0 Å². The second-order valence-corrected chi connectivity index (χ2v) is 5.54. The van der Waals surface area contributed by atoms with Crippen LogP contribution < -0.4 is 10.1 Å². The minimum atomic E-state index is -4.32. The van der Waals surface area contributed by atoms with Crippen LogP contribution in [0.15, 0.2) is 36.7 Å². The summed E-state index contributed by atoms with van der Waals surface area (Å²) in [5.74, 6) is 0.569. The van der Waals surface area contributed by atoms with Crippen molar-refractivity contribution in [2.75, 3.05) is 26.0 Å². The largest absolute Gasteiger partial charge is 0.497 e. The fourth-order valence-corrected chi connectivity index (χ4v) is 2.27. The van der Waals surface area contributed by atoms with Gasteiger partial charge in [0.05, 0.1) is 20.2 Å². The van der Waals surface area contributed by atoms with Crippen molar-refractivity contribution in [1.82, 2.24) is 14.5 Å². The van der Waals surface area contributed by atoms with Crippen LogP contribution in [0.4, 0.5) is 18.9 Å². The Kier molecular flexibility index (Phi) is 6.02. The Hall–Kier alpha value is -2.55. The third kappa shape index (κ3) is 6.11. The molecule has 1 heterocycles. The number of anilines is 1. The number of ether oxygens (including phenoxy) is 1. The molecule has 1 N–H and O–H groups in total. The van der Waals surface area contributed by atoms with Gasteiger partial charge in [-0.2, -0.15) is 13.2 Å². The number of aromatic nitrogens is 2. The van der Waals surface area contributed by atoms with Crippen LogP contribution in [0.3, 0.4) is 0 Å². The van der Waals surface area contributed by atoms with Crippen LogP contribution in [-0.2, 0) is 17.9 Å². The molecule has 0 spiro atoms. The van der Waals surface area contributed by atoms with Gasteiger partial charge < -0.3 is 14.6 Å². The standard InChI is InChI=1S/C16H19F3N4O2/c1-22(9-14-20-6-7-23(14)11-16(17,18)19)10-15(24)21-12-4-3-5-13(8-12)25-2/h3-8H,9-11H2,1-2H3,(H,21,24). The van der Waals surface area contributed by atoms with E-state index in [0.717, 1.165) is 4.57 Å². The maximum Gasteiger partial charge on any atom is 0.406 e. The minimum Gasteiger partial charge on any atom is -0.497 e. The summed E-state index contributed by atoms with van der Waals surface area (Å²) in [4.78, 5) is 17.6. The topological polar surface area (TPSA) is 59.4 Å². The number of halogens is 3. The molecule has 9 heteroatoms. The monoisotopic (exact) mass is 356 g/mol. The highest BCUT2D eigenvalue weighted by atomic mass is 19.4. The Morgan fingerprint density at radius 2 is 2.16 bits per heavy atom. The molecule has 0 atom stereocenters. The Morgan fingerprint density at radius 3 is 2.84 bits per heavy atom. The van der Waals surface area contributed by atoms with E-state index in [1.807, 2.05) is 0 Å². The highest BCUT2D eigenvalue weighted by Gasteiger charge is 2.29. The summed E-state index contributed by atoms with van der Waals surface area (Å²) in [5, 5.41) is 2.71. The summed E-state index contributed by atoms with van der Waals surface area (Å²) in [6.45, 7) is -0.975. The van der Waals surface area contributed by atoms with Gasteiger partial charge in [-0.3, -0.25) is 9.69 Å². The molecule has 0 radical (unpaired) electrons. The molecule has 25 heavy (non-hydrogen) atoms. The average molecular weight is 356 g/mol. The first-order chi connectivity index (χ1) is 11.8. The van der Waals surface area contributed by atoms with Gasteiger partial charge in [-0.05, 0) is 19.2 Å². The van der Waals surface area contributed by atoms with E-state index >= 15 is 0 Å². The van der Waals surface area contributed by atoms with Crippen LogP contribution in [-0.4, -0.2) is 47.2 Å². The fourth-order valence-electron chi connectivity index (χ4n) is 2.27. The molecular formula is C16H19F3N4O2. The number of hydrogen-bond donors (Lipinski definition) is 1.